The molecule has 0 unspecified atom stereocenters. The lowest BCUT2D eigenvalue weighted by atomic mass is 9.94. The van der Waals surface area contributed by atoms with Gasteiger partial charge in [-0.3, -0.25) is 0 Å². The highest BCUT2D eigenvalue weighted by atomic mass is 32.2. The third kappa shape index (κ3) is 4.50. The second-order valence-electron chi connectivity index (χ2n) is 6.54. The molecule has 0 saturated carbocycles. The zero-order chi connectivity index (χ0) is 21.6. The van der Waals surface area contributed by atoms with Crippen molar-refractivity contribution in [2.24, 2.45) is 0 Å². The van der Waals surface area contributed by atoms with Crippen LogP contribution in [0.1, 0.15) is 23.1 Å². The maximum absolute atomic E-state index is 14.3. The predicted molar refractivity (Wildman–Crippen MR) is 97.9 cm³/mol. The third-order valence-corrected chi connectivity index (χ3v) is 5.47. The highest BCUT2D eigenvalue weighted by Gasteiger charge is 2.32. The standard InChI is InChI=1S/C20H15F5O3S/c1-11-6-7-12(10-18(11)28-20(23,24)25)14-4-3-5-15(14)13-8-16(21)19(17(22)9-13)29(2,26)27/h4-10H,3H2,1-2H3. The molecule has 3 nitrogen and oxygen atoms in total. The molecule has 0 bridgehead atoms. The molecule has 2 aromatic carbocycles. The number of sulfone groups is 1. The Morgan fingerprint density at radius 1 is 0.931 bits per heavy atom. The van der Waals surface area contributed by atoms with Gasteiger partial charge < -0.3 is 4.74 Å². The second kappa shape index (κ2) is 7.29. The number of allylic oxidation sites excluding steroid dienone is 4. The van der Waals surface area contributed by atoms with Crippen LogP contribution < -0.4 is 4.74 Å². The van der Waals surface area contributed by atoms with Crippen molar-refractivity contribution in [3.8, 4) is 5.75 Å². The Labute approximate surface area is 164 Å². The molecule has 3 rings (SSSR count). The van der Waals surface area contributed by atoms with Crippen molar-refractivity contribution in [2.45, 2.75) is 24.6 Å². The van der Waals surface area contributed by atoms with E-state index in [2.05, 4.69) is 4.74 Å². The van der Waals surface area contributed by atoms with Crippen LogP contribution in [0.4, 0.5) is 22.0 Å². The summed E-state index contributed by atoms with van der Waals surface area (Å²) in [7, 11) is -4.11. The van der Waals surface area contributed by atoms with Crippen molar-refractivity contribution in [1.29, 1.82) is 0 Å². The van der Waals surface area contributed by atoms with E-state index in [1.54, 1.807) is 18.2 Å². The molecule has 0 aliphatic heterocycles. The van der Waals surface area contributed by atoms with Crippen molar-refractivity contribution in [3.63, 3.8) is 0 Å². The molecule has 0 N–H and O–H groups in total. The van der Waals surface area contributed by atoms with Crippen LogP contribution >= 0.6 is 0 Å². The van der Waals surface area contributed by atoms with E-state index in [1.807, 2.05) is 0 Å². The van der Waals surface area contributed by atoms with Crippen LogP contribution in [0.2, 0.25) is 0 Å². The average molecular weight is 430 g/mol. The molecule has 1 aliphatic rings. The molecular weight excluding hydrogens is 415 g/mol. The number of aryl methyl sites for hydroxylation is 1. The zero-order valence-corrected chi connectivity index (χ0v) is 16.1. The highest BCUT2D eigenvalue weighted by molar-refractivity contribution is 7.90. The molecule has 0 fully saturated rings. The summed E-state index contributed by atoms with van der Waals surface area (Å²) in [5.41, 5.74) is 1.55. The molecular formula is C20H15F5O3S. The van der Waals surface area contributed by atoms with E-state index in [9.17, 15) is 30.4 Å². The van der Waals surface area contributed by atoms with Crippen molar-refractivity contribution in [2.75, 3.05) is 6.26 Å². The van der Waals surface area contributed by atoms with Crippen molar-refractivity contribution < 1.29 is 35.1 Å². The summed E-state index contributed by atoms with van der Waals surface area (Å²) in [6.45, 7) is 1.46. The number of hydrogen-bond donors (Lipinski definition) is 0. The number of alkyl halides is 3. The molecule has 0 heterocycles. The van der Waals surface area contributed by atoms with E-state index in [0.29, 0.717) is 29.4 Å². The molecule has 29 heavy (non-hydrogen) atoms. The van der Waals surface area contributed by atoms with Gasteiger partial charge in [-0.1, -0.05) is 24.3 Å². The first-order chi connectivity index (χ1) is 13.4. The third-order valence-electron chi connectivity index (χ3n) is 4.34. The summed E-state index contributed by atoms with van der Waals surface area (Å²) in [5.74, 6) is -2.86. The van der Waals surface area contributed by atoms with Crippen LogP contribution in [-0.2, 0) is 9.84 Å². The molecule has 0 amide bonds. The maximum Gasteiger partial charge on any atom is 0.573 e. The molecule has 154 valence electrons. The number of rotatable bonds is 4. The van der Waals surface area contributed by atoms with Gasteiger partial charge in [0.2, 0.25) is 0 Å². The number of benzene rings is 2. The molecule has 2 aromatic rings. The van der Waals surface area contributed by atoms with Gasteiger partial charge in [0.25, 0.3) is 0 Å². The zero-order valence-electron chi connectivity index (χ0n) is 15.3. The molecule has 0 atom stereocenters. The number of hydrogen-bond acceptors (Lipinski definition) is 3. The van der Waals surface area contributed by atoms with Gasteiger partial charge in [0.1, 0.15) is 22.3 Å². The van der Waals surface area contributed by atoms with Gasteiger partial charge in [0.15, 0.2) is 9.84 Å². The van der Waals surface area contributed by atoms with Gasteiger partial charge in [0, 0.05) is 6.26 Å². The Morgan fingerprint density at radius 3 is 2.00 bits per heavy atom. The fourth-order valence-electron chi connectivity index (χ4n) is 3.13. The summed E-state index contributed by atoms with van der Waals surface area (Å²) in [4.78, 5) is -1.03. The van der Waals surface area contributed by atoms with E-state index >= 15 is 0 Å². The van der Waals surface area contributed by atoms with Gasteiger partial charge in [0.05, 0.1) is 0 Å². The Bertz CT molecular complexity index is 1120. The van der Waals surface area contributed by atoms with Crippen LogP contribution in [0.25, 0.3) is 11.1 Å². The van der Waals surface area contributed by atoms with Crippen molar-refractivity contribution in [3.05, 3.63) is 70.8 Å². The van der Waals surface area contributed by atoms with Crippen LogP contribution in [0, 0.1) is 18.6 Å². The summed E-state index contributed by atoms with van der Waals surface area (Å²) in [5, 5.41) is 0. The molecule has 0 radical (unpaired) electrons. The first-order valence-corrected chi connectivity index (χ1v) is 10.2. The van der Waals surface area contributed by atoms with E-state index in [4.69, 9.17) is 0 Å². The molecule has 0 saturated heterocycles. The second-order valence-corrected chi connectivity index (χ2v) is 8.49. The van der Waals surface area contributed by atoms with Crippen LogP contribution in [0.5, 0.6) is 5.75 Å². The van der Waals surface area contributed by atoms with E-state index in [-0.39, 0.29) is 16.9 Å². The van der Waals surface area contributed by atoms with Crippen molar-refractivity contribution >= 4 is 21.0 Å². The summed E-state index contributed by atoms with van der Waals surface area (Å²) in [6.07, 6.45) is -0.431. The Kier molecular flexibility index (Phi) is 5.29. The lowest BCUT2D eigenvalue weighted by Crippen LogP contribution is -2.17. The van der Waals surface area contributed by atoms with Gasteiger partial charge in [-0.25, -0.2) is 17.2 Å². The summed E-state index contributed by atoms with van der Waals surface area (Å²) < 4.78 is 93.6. The minimum atomic E-state index is -4.86. The van der Waals surface area contributed by atoms with Crippen LogP contribution in [-0.4, -0.2) is 21.0 Å². The van der Waals surface area contributed by atoms with E-state index in [1.165, 1.54) is 19.1 Å². The van der Waals surface area contributed by atoms with Gasteiger partial charge in [-0.05, 0) is 59.4 Å². The lowest BCUT2D eigenvalue weighted by Gasteiger charge is -2.15. The van der Waals surface area contributed by atoms with Gasteiger partial charge >= 0.3 is 6.36 Å². The highest BCUT2D eigenvalue weighted by Crippen LogP contribution is 2.39. The first kappa shape index (κ1) is 21.0. The smallest absolute Gasteiger partial charge is 0.405 e. The molecule has 0 spiro atoms. The van der Waals surface area contributed by atoms with E-state index in [0.717, 1.165) is 12.1 Å². The molecule has 1 aliphatic carbocycles. The SMILES string of the molecule is Cc1ccc(C2=CCC=C2c2cc(F)c(S(C)(=O)=O)c(F)c2)cc1OC(F)(F)F. The lowest BCUT2D eigenvalue weighted by molar-refractivity contribution is -0.274. The Balaban J connectivity index is 2.03. The molecule has 9 heteroatoms. The van der Waals surface area contributed by atoms with E-state index < -0.39 is 32.7 Å². The fraction of sp³-hybridized carbons (Fsp3) is 0.200. The van der Waals surface area contributed by atoms with Gasteiger partial charge in [-0.15, -0.1) is 13.2 Å². The van der Waals surface area contributed by atoms with Gasteiger partial charge in [-0.2, -0.15) is 0 Å². The maximum atomic E-state index is 14.3. The normalized spacial score (nSPS) is 14.6. The minimum Gasteiger partial charge on any atom is -0.405 e. The Morgan fingerprint density at radius 2 is 1.48 bits per heavy atom. The number of ether oxygens (including phenoxy) is 1. The van der Waals surface area contributed by atoms with Crippen LogP contribution in [0.15, 0.2) is 47.4 Å². The predicted octanol–water partition coefficient (Wildman–Crippen LogP) is 5.45. The van der Waals surface area contributed by atoms with Crippen LogP contribution in [0.3, 0.4) is 0 Å². The number of halogens is 5. The monoisotopic (exact) mass is 430 g/mol. The molecule has 0 aromatic heterocycles. The Hall–Kier alpha value is -2.68. The fourth-order valence-corrected chi connectivity index (χ4v) is 3.96. The minimum absolute atomic E-state index is 0.0787. The average Bonchev–Trinajstić information content (AvgIpc) is 3.03. The quantitative estimate of drug-likeness (QED) is 0.607. The summed E-state index contributed by atoms with van der Waals surface area (Å²) >= 11 is 0. The topological polar surface area (TPSA) is 43.4 Å². The first-order valence-electron chi connectivity index (χ1n) is 8.34. The largest absolute Gasteiger partial charge is 0.573 e. The summed E-state index contributed by atoms with van der Waals surface area (Å²) in [6, 6.07) is 6.01. The van der Waals surface area contributed by atoms with Crippen molar-refractivity contribution in [1.82, 2.24) is 0 Å².